The van der Waals surface area contributed by atoms with E-state index in [9.17, 15) is 0 Å². The van der Waals surface area contributed by atoms with Crippen molar-refractivity contribution in [3.8, 4) is 59.2 Å². The van der Waals surface area contributed by atoms with Gasteiger partial charge in [0.1, 0.15) is 0 Å². The molecule has 0 aliphatic heterocycles. The number of hydrogen-bond acceptors (Lipinski definition) is 0. The Balaban J connectivity index is 4.11. The first kappa shape index (κ1) is 12.7. The van der Waals surface area contributed by atoms with Crippen LogP contribution in [0.5, 0.6) is 0 Å². The summed E-state index contributed by atoms with van der Waals surface area (Å²) in [7, 11) is 0. The summed E-state index contributed by atoms with van der Waals surface area (Å²) in [5.41, 5.74) is 0. The van der Waals surface area contributed by atoms with Crippen molar-refractivity contribution in [2.24, 2.45) is 5.92 Å². The van der Waals surface area contributed by atoms with E-state index in [4.69, 9.17) is 0 Å². The molecule has 0 aromatic heterocycles. The number of hydrogen-bond donors (Lipinski definition) is 0. The summed E-state index contributed by atoms with van der Waals surface area (Å²) in [6.45, 7) is 5.86. The lowest BCUT2D eigenvalue weighted by Gasteiger charge is -1.81. The molecule has 0 heterocycles. The Kier molecular flexibility index (Phi) is 8.24. The van der Waals surface area contributed by atoms with E-state index in [1.807, 2.05) is 20.8 Å². The molecule has 0 bridgehead atoms. The second kappa shape index (κ2) is 9.76. The molecule has 0 aliphatic rings. The summed E-state index contributed by atoms with van der Waals surface area (Å²) in [6, 6.07) is 0. The molecule has 0 N–H and O–H groups in total. The van der Waals surface area contributed by atoms with E-state index >= 15 is 0 Å². The summed E-state index contributed by atoms with van der Waals surface area (Å²) in [6.07, 6.45) is 1.73. The minimum absolute atomic E-state index is 0.340. The van der Waals surface area contributed by atoms with Crippen molar-refractivity contribution in [2.45, 2.75) is 20.8 Å². The molecular formula is C15H11-. The topological polar surface area (TPSA) is 0 Å². The van der Waals surface area contributed by atoms with Crippen LogP contribution in [-0.4, -0.2) is 0 Å². The molecule has 0 spiro atoms. The second-order valence-corrected chi connectivity index (χ2v) is 2.73. The van der Waals surface area contributed by atoms with Gasteiger partial charge in [0.25, 0.3) is 0 Å². The van der Waals surface area contributed by atoms with Crippen LogP contribution in [0.4, 0.5) is 0 Å². The van der Waals surface area contributed by atoms with Crippen LogP contribution in [0.15, 0.2) is 0 Å². The van der Waals surface area contributed by atoms with Crippen molar-refractivity contribution in [1.82, 2.24) is 0 Å². The Morgan fingerprint density at radius 3 is 1.67 bits per heavy atom. The molecule has 0 saturated heterocycles. The predicted molar refractivity (Wildman–Crippen MR) is 63.7 cm³/mol. The van der Waals surface area contributed by atoms with Crippen molar-refractivity contribution >= 4 is 0 Å². The molecule has 0 rings (SSSR count). The van der Waals surface area contributed by atoms with Crippen LogP contribution in [0.1, 0.15) is 20.8 Å². The highest BCUT2D eigenvalue weighted by atomic mass is 13.8. The Morgan fingerprint density at radius 2 is 1.20 bits per heavy atom. The highest BCUT2D eigenvalue weighted by molar-refractivity contribution is 5.42. The van der Waals surface area contributed by atoms with E-state index in [0.717, 1.165) is 0 Å². The summed E-state index contributed by atoms with van der Waals surface area (Å²) >= 11 is 0. The monoisotopic (exact) mass is 191 g/mol. The molecule has 72 valence electrons. The van der Waals surface area contributed by atoms with Crippen LogP contribution in [0, 0.1) is 71.5 Å². The van der Waals surface area contributed by atoms with E-state index in [0.29, 0.717) is 5.92 Å². The van der Waals surface area contributed by atoms with Crippen LogP contribution in [0.25, 0.3) is 0 Å². The lowest BCUT2D eigenvalue weighted by atomic mass is 10.2. The van der Waals surface area contributed by atoms with Gasteiger partial charge in [-0.05, 0) is 35.5 Å². The van der Waals surface area contributed by atoms with Gasteiger partial charge >= 0.3 is 0 Å². The molecule has 0 nitrogen and oxygen atoms in total. The van der Waals surface area contributed by atoms with Gasteiger partial charge in [-0.3, -0.25) is 5.92 Å². The van der Waals surface area contributed by atoms with Gasteiger partial charge in [-0.2, -0.15) is 6.42 Å². The molecule has 0 radical (unpaired) electrons. The SMILES string of the molecule is C[CH-]C#CC#CC#CC#CC#CC(C)C. The molecule has 0 heteroatoms. The summed E-state index contributed by atoms with van der Waals surface area (Å²) in [5, 5.41) is 0. The average molecular weight is 191 g/mol. The van der Waals surface area contributed by atoms with Crippen molar-refractivity contribution in [2.75, 3.05) is 0 Å². The maximum atomic E-state index is 2.91. The van der Waals surface area contributed by atoms with E-state index in [2.05, 4.69) is 59.2 Å². The van der Waals surface area contributed by atoms with Crippen LogP contribution in [0.3, 0.4) is 0 Å². The fourth-order valence-corrected chi connectivity index (χ4v) is 0.476. The second-order valence-electron chi connectivity index (χ2n) is 2.73. The van der Waals surface area contributed by atoms with Crippen LogP contribution in [-0.2, 0) is 0 Å². The zero-order valence-corrected chi connectivity index (χ0v) is 9.15. The maximum absolute atomic E-state index is 2.91. The predicted octanol–water partition coefficient (Wildman–Crippen LogP) is 1.88. The lowest BCUT2D eigenvalue weighted by Crippen LogP contribution is -1.75. The van der Waals surface area contributed by atoms with Crippen molar-refractivity contribution in [3.63, 3.8) is 0 Å². The van der Waals surface area contributed by atoms with E-state index in [1.165, 1.54) is 0 Å². The van der Waals surface area contributed by atoms with Gasteiger partial charge in [0.2, 0.25) is 0 Å². The highest BCUT2D eigenvalue weighted by Gasteiger charge is 1.77. The average Bonchev–Trinajstić information content (AvgIpc) is 2.20. The normalized spacial score (nSPS) is 5.60. The zero-order valence-electron chi connectivity index (χ0n) is 9.15. The third-order valence-electron chi connectivity index (χ3n) is 1.01. The standard InChI is InChI=1S/C15H11/c1-4-5-6-7-8-9-10-11-12-13-14-15(2)3/h4,15H,1-3H3/q-1. The summed E-state index contributed by atoms with van der Waals surface area (Å²) < 4.78 is 0. The summed E-state index contributed by atoms with van der Waals surface area (Å²) in [5.74, 6) is 26.7. The number of rotatable bonds is 0. The van der Waals surface area contributed by atoms with Gasteiger partial charge in [-0.1, -0.05) is 19.8 Å². The first-order valence-electron chi connectivity index (χ1n) is 4.56. The van der Waals surface area contributed by atoms with Gasteiger partial charge in [0.15, 0.2) is 0 Å². The maximum Gasteiger partial charge on any atom is 0.0156 e. The molecule has 0 atom stereocenters. The molecule has 0 saturated carbocycles. The fraction of sp³-hybridized carbons (Fsp3) is 0.267. The van der Waals surface area contributed by atoms with E-state index in [1.54, 1.807) is 6.42 Å². The van der Waals surface area contributed by atoms with Crippen LogP contribution in [0.2, 0.25) is 0 Å². The Bertz CT molecular complexity index is 477. The Morgan fingerprint density at radius 1 is 0.733 bits per heavy atom. The van der Waals surface area contributed by atoms with Crippen molar-refractivity contribution < 1.29 is 0 Å². The Labute approximate surface area is 92.8 Å². The first-order chi connectivity index (χ1) is 7.27. The van der Waals surface area contributed by atoms with Crippen LogP contribution >= 0.6 is 0 Å². The third-order valence-corrected chi connectivity index (χ3v) is 1.01. The quantitative estimate of drug-likeness (QED) is 0.405. The van der Waals surface area contributed by atoms with Gasteiger partial charge in [-0.25, -0.2) is 5.92 Å². The van der Waals surface area contributed by atoms with Gasteiger partial charge in [0, 0.05) is 5.92 Å². The summed E-state index contributed by atoms with van der Waals surface area (Å²) in [4.78, 5) is 0. The van der Waals surface area contributed by atoms with Gasteiger partial charge in [-0.15, -0.1) is 12.8 Å². The van der Waals surface area contributed by atoms with E-state index < -0.39 is 0 Å². The van der Waals surface area contributed by atoms with Crippen molar-refractivity contribution in [1.29, 1.82) is 0 Å². The third kappa shape index (κ3) is 11.7. The highest BCUT2D eigenvalue weighted by Crippen LogP contribution is 1.83. The molecule has 0 unspecified atom stereocenters. The fourth-order valence-electron chi connectivity index (χ4n) is 0.476. The van der Waals surface area contributed by atoms with Gasteiger partial charge in [0.05, 0.1) is 0 Å². The van der Waals surface area contributed by atoms with Crippen LogP contribution < -0.4 is 0 Å². The smallest absolute Gasteiger partial charge is 0.0156 e. The minimum Gasteiger partial charge on any atom is -0.281 e. The first-order valence-corrected chi connectivity index (χ1v) is 4.56. The Hall–Kier alpha value is -2.33. The lowest BCUT2D eigenvalue weighted by molar-refractivity contribution is 0.867. The molecule has 0 aliphatic carbocycles. The largest absolute Gasteiger partial charge is 0.281 e. The molecule has 0 fully saturated rings. The van der Waals surface area contributed by atoms with E-state index in [-0.39, 0.29) is 0 Å². The molecule has 0 aromatic rings. The zero-order chi connectivity index (χ0) is 11.4. The molecule has 15 heavy (non-hydrogen) atoms. The minimum atomic E-state index is 0.340. The molecule has 0 aromatic carbocycles. The van der Waals surface area contributed by atoms with Gasteiger partial charge < -0.3 is 0 Å². The van der Waals surface area contributed by atoms with Crippen molar-refractivity contribution in [3.05, 3.63) is 6.42 Å². The molecular weight excluding hydrogens is 180 g/mol. The molecule has 0 amide bonds.